The van der Waals surface area contributed by atoms with Crippen LogP contribution in [0, 0.1) is 17.8 Å². The number of hydrogen-bond donors (Lipinski definition) is 3. The third kappa shape index (κ3) is 14.8. The molecule has 2 saturated carbocycles. The lowest BCUT2D eigenvalue weighted by Gasteiger charge is -2.37. The first-order chi connectivity index (χ1) is 37.0. The van der Waals surface area contributed by atoms with Gasteiger partial charge in [0.05, 0.1) is 6.54 Å². The third-order valence-electron chi connectivity index (χ3n) is 16.6. The van der Waals surface area contributed by atoms with Crippen molar-refractivity contribution in [1.29, 1.82) is 0 Å². The Bertz CT molecular complexity index is 2530. The molecule has 2 heterocycles. The van der Waals surface area contributed by atoms with Gasteiger partial charge < -0.3 is 35.6 Å². The van der Waals surface area contributed by atoms with Crippen LogP contribution in [0.3, 0.4) is 0 Å². The van der Waals surface area contributed by atoms with Gasteiger partial charge in [0, 0.05) is 68.4 Å². The fourth-order valence-corrected chi connectivity index (χ4v) is 12.2. The van der Waals surface area contributed by atoms with Crippen LogP contribution in [0.25, 0.3) is 11.1 Å². The summed E-state index contributed by atoms with van der Waals surface area (Å²) in [6.07, 6.45) is 14.8. The van der Waals surface area contributed by atoms with Crippen LogP contribution in [0.5, 0.6) is 0 Å². The lowest BCUT2D eigenvalue weighted by atomic mass is 9.83. The highest BCUT2D eigenvalue weighted by atomic mass is 16.2. The molecule has 4 fully saturated rings. The van der Waals surface area contributed by atoms with Crippen molar-refractivity contribution in [3.05, 3.63) is 131 Å². The van der Waals surface area contributed by atoms with Crippen molar-refractivity contribution in [1.82, 2.24) is 35.6 Å². The topological polar surface area (TPSA) is 151 Å². The molecule has 2 aliphatic heterocycles. The Balaban J connectivity index is 0.966. The molecule has 4 aromatic rings. The van der Waals surface area contributed by atoms with E-state index in [1.807, 2.05) is 118 Å². The molecular weight excluding hydrogens is 951 g/mol. The predicted molar refractivity (Wildman–Crippen MR) is 299 cm³/mol. The van der Waals surface area contributed by atoms with Crippen molar-refractivity contribution >= 4 is 35.4 Å². The van der Waals surface area contributed by atoms with E-state index in [0.717, 1.165) is 112 Å². The Morgan fingerprint density at radius 2 is 0.921 bits per heavy atom. The third-order valence-corrected chi connectivity index (χ3v) is 16.6. The van der Waals surface area contributed by atoms with E-state index in [2.05, 4.69) is 40.2 Å². The fraction of sp³-hybridized carbons (Fsp3) is 0.524. The van der Waals surface area contributed by atoms with Gasteiger partial charge in [-0.1, -0.05) is 137 Å². The number of carbonyl (C=O) groups is 6. The maximum Gasteiger partial charge on any atom is 0.253 e. The molecule has 0 bridgehead atoms. The number of rotatable bonds is 22. The van der Waals surface area contributed by atoms with Gasteiger partial charge in [0.15, 0.2) is 0 Å². The van der Waals surface area contributed by atoms with E-state index in [-0.39, 0.29) is 71.8 Å². The van der Waals surface area contributed by atoms with Gasteiger partial charge in [-0.25, -0.2) is 0 Å². The Kier molecular flexibility index (Phi) is 20.3. The van der Waals surface area contributed by atoms with Crippen LogP contribution in [0.1, 0.15) is 136 Å². The van der Waals surface area contributed by atoms with E-state index < -0.39 is 12.1 Å². The zero-order valence-corrected chi connectivity index (χ0v) is 45.4. The molecule has 2 saturated heterocycles. The molecule has 6 amide bonds. The lowest BCUT2D eigenvalue weighted by molar-refractivity contribution is -0.140. The minimum Gasteiger partial charge on any atom is -0.344 e. The first-order valence-electron chi connectivity index (χ1n) is 28.7. The van der Waals surface area contributed by atoms with Crippen molar-refractivity contribution in [2.75, 3.05) is 52.9 Å². The molecule has 4 unspecified atom stereocenters. The Morgan fingerprint density at radius 3 is 1.32 bits per heavy atom. The molecule has 3 N–H and O–H groups in total. The fourth-order valence-electron chi connectivity index (χ4n) is 12.2. The van der Waals surface area contributed by atoms with Crippen molar-refractivity contribution < 1.29 is 28.8 Å². The highest BCUT2D eigenvalue weighted by Crippen LogP contribution is 2.32. The van der Waals surface area contributed by atoms with E-state index in [1.54, 1.807) is 7.05 Å². The van der Waals surface area contributed by atoms with Crippen LogP contribution < -0.4 is 16.0 Å². The summed E-state index contributed by atoms with van der Waals surface area (Å²) < 4.78 is 0. The Morgan fingerprint density at radius 1 is 0.513 bits per heavy atom. The van der Waals surface area contributed by atoms with E-state index in [4.69, 9.17) is 0 Å². The average molecular weight is 1030 g/mol. The summed E-state index contributed by atoms with van der Waals surface area (Å²) in [5.74, 6) is -0.551. The number of likely N-dealkylation sites (tertiary alicyclic amines) is 2. The second-order valence-corrected chi connectivity index (χ2v) is 22.3. The smallest absolute Gasteiger partial charge is 0.253 e. The number of likely N-dealkylation sites (N-methyl/N-ethyl adjacent to an activating group) is 1. The van der Waals surface area contributed by atoms with Gasteiger partial charge in [0.2, 0.25) is 23.6 Å². The molecule has 4 aromatic carbocycles. The normalized spacial score (nSPS) is 19.0. The molecule has 8 rings (SSSR count). The van der Waals surface area contributed by atoms with Crippen LogP contribution in [0.15, 0.2) is 109 Å². The molecule has 0 radical (unpaired) electrons. The molecule has 76 heavy (non-hydrogen) atoms. The molecule has 4 aliphatic rings. The molecular formula is C63H83N7O6. The molecule has 13 nitrogen and oxygen atoms in total. The number of benzene rings is 4. The minimum absolute atomic E-state index is 0.0188. The first kappa shape index (κ1) is 55.9. The van der Waals surface area contributed by atoms with Gasteiger partial charge in [-0.15, -0.1) is 0 Å². The number of nitrogens with one attached hydrogen (secondary N) is 3. The predicted octanol–water partition coefficient (Wildman–Crippen LogP) is 8.71. The van der Waals surface area contributed by atoms with Crippen molar-refractivity contribution in [2.24, 2.45) is 17.8 Å². The summed E-state index contributed by atoms with van der Waals surface area (Å²) in [4.78, 5) is 92.0. The van der Waals surface area contributed by atoms with Gasteiger partial charge in [0.1, 0.15) is 12.1 Å². The maximum absolute atomic E-state index is 14.6. The minimum atomic E-state index is -0.579. The Hall–Kier alpha value is -6.34. The molecule has 0 spiro atoms. The Labute approximate surface area is 451 Å². The standard InChI is InChI=1S/C63H83N7O6/c1-45(2)59(72)66-58(51-24-14-7-15-25-51)63(76)70-39-17-27-55(70)44-68(41-37-47-20-10-5-11-21-47)61(74)53-34-30-49(31-35-53)48-28-32-52(33-29-48)60(73)67(40-36-46-18-8-4-9-19-46)43-54-26-16-38-69(54)62(75)57(65-56(71)42-64-3)50-22-12-6-13-23-50/h4-5,8-11,18-21,28-35,45,50-51,54-55,57-58,64H,6-7,12-17,22-27,36-44H2,1-3H3,(H,65,71)(H,66,72). The van der Waals surface area contributed by atoms with E-state index in [9.17, 15) is 28.8 Å². The van der Waals surface area contributed by atoms with E-state index in [1.165, 1.54) is 0 Å². The van der Waals surface area contributed by atoms with Gasteiger partial charge in [-0.3, -0.25) is 28.8 Å². The summed E-state index contributed by atoms with van der Waals surface area (Å²) in [5.41, 5.74) is 5.19. The molecule has 2 aliphatic carbocycles. The van der Waals surface area contributed by atoms with Crippen LogP contribution in [0.4, 0.5) is 0 Å². The largest absolute Gasteiger partial charge is 0.344 e. The van der Waals surface area contributed by atoms with E-state index >= 15 is 0 Å². The summed E-state index contributed by atoms with van der Waals surface area (Å²) >= 11 is 0. The highest BCUT2D eigenvalue weighted by Gasteiger charge is 2.41. The van der Waals surface area contributed by atoms with Crippen molar-refractivity contribution in [3.8, 4) is 11.1 Å². The van der Waals surface area contributed by atoms with Crippen LogP contribution >= 0.6 is 0 Å². The number of nitrogens with zero attached hydrogens (tertiary/aromatic N) is 4. The molecule has 406 valence electrons. The summed E-state index contributed by atoms with van der Waals surface area (Å²) in [6.45, 7) is 6.85. The van der Waals surface area contributed by atoms with Gasteiger partial charge in [-0.2, -0.15) is 0 Å². The first-order valence-corrected chi connectivity index (χ1v) is 28.7. The van der Waals surface area contributed by atoms with Crippen LogP contribution in [-0.4, -0.2) is 132 Å². The summed E-state index contributed by atoms with van der Waals surface area (Å²) in [7, 11) is 1.73. The lowest BCUT2D eigenvalue weighted by Crippen LogP contribution is -2.56. The maximum atomic E-state index is 14.6. The SMILES string of the molecule is CNCC(=O)NC(C(=O)N1CCCC1CN(CCc1ccccc1)C(=O)c1ccc(-c2ccc(C(=O)N(CCc3ccccc3)CC3CCCN3C(=O)C(NC(=O)C(C)C)C3CCCCC3)cc2)cc1)C1CCCCC1. The quantitative estimate of drug-likeness (QED) is 0.0713. The van der Waals surface area contributed by atoms with Crippen molar-refractivity contribution in [2.45, 2.75) is 141 Å². The van der Waals surface area contributed by atoms with Crippen molar-refractivity contribution in [3.63, 3.8) is 0 Å². The van der Waals surface area contributed by atoms with Crippen LogP contribution in [-0.2, 0) is 32.0 Å². The van der Waals surface area contributed by atoms with Gasteiger partial charge >= 0.3 is 0 Å². The second-order valence-electron chi connectivity index (χ2n) is 22.3. The summed E-state index contributed by atoms with van der Waals surface area (Å²) in [6, 6.07) is 34.1. The van der Waals surface area contributed by atoms with E-state index in [0.29, 0.717) is 63.2 Å². The van der Waals surface area contributed by atoms with Crippen LogP contribution in [0.2, 0.25) is 0 Å². The van der Waals surface area contributed by atoms with Gasteiger partial charge in [-0.05, 0) is 130 Å². The molecule has 13 heteroatoms. The number of carbonyl (C=O) groups excluding carboxylic acids is 6. The number of amides is 6. The molecule has 4 atom stereocenters. The van der Waals surface area contributed by atoms with Gasteiger partial charge in [0.25, 0.3) is 11.8 Å². The molecule has 0 aromatic heterocycles. The highest BCUT2D eigenvalue weighted by molar-refractivity contribution is 5.96. The second kappa shape index (κ2) is 27.6. The monoisotopic (exact) mass is 1030 g/mol. The number of hydrogen-bond acceptors (Lipinski definition) is 7. The zero-order valence-electron chi connectivity index (χ0n) is 45.4. The average Bonchev–Trinajstić information content (AvgIpc) is 4.14. The zero-order chi connectivity index (χ0) is 53.4. The summed E-state index contributed by atoms with van der Waals surface area (Å²) in [5, 5.41) is 9.18.